The third kappa shape index (κ3) is 2.63. The van der Waals surface area contributed by atoms with Crippen LogP contribution in [0, 0.1) is 0 Å². The molecule has 1 aliphatic rings. The monoisotopic (exact) mass is 287 g/mol. The standard InChI is InChI=1S/C13H15Cl2NO2/c1-13(2)8-18-6-5-16(13)12(17)10-4-3-9(14)7-11(10)15/h3-4,7H,5-6,8H2,1-2H3. The van der Waals surface area contributed by atoms with Gasteiger partial charge in [-0.3, -0.25) is 4.79 Å². The molecule has 98 valence electrons. The average molecular weight is 288 g/mol. The summed E-state index contributed by atoms with van der Waals surface area (Å²) in [5, 5.41) is 0.910. The average Bonchev–Trinajstić information content (AvgIpc) is 2.27. The van der Waals surface area contributed by atoms with Crippen LogP contribution in [0.25, 0.3) is 0 Å². The molecule has 1 aromatic rings. The second-order valence-electron chi connectivity index (χ2n) is 4.95. The van der Waals surface area contributed by atoms with E-state index in [4.69, 9.17) is 27.9 Å². The van der Waals surface area contributed by atoms with Gasteiger partial charge in [0.2, 0.25) is 0 Å². The maximum Gasteiger partial charge on any atom is 0.255 e. The van der Waals surface area contributed by atoms with Gasteiger partial charge in [0.05, 0.1) is 29.3 Å². The SMILES string of the molecule is CC1(C)COCCN1C(=O)c1ccc(Cl)cc1Cl. The first-order valence-electron chi connectivity index (χ1n) is 5.76. The van der Waals surface area contributed by atoms with Gasteiger partial charge >= 0.3 is 0 Å². The van der Waals surface area contributed by atoms with Crippen LogP contribution >= 0.6 is 23.2 Å². The second-order valence-corrected chi connectivity index (χ2v) is 5.79. The Balaban J connectivity index is 2.30. The normalized spacial score (nSPS) is 18.8. The maximum atomic E-state index is 12.5. The van der Waals surface area contributed by atoms with Crippen molar-refractivity contribution in [3.63, 3.8) is 0 Å². The zero-order chi connectivity index (χ0) is 13.3. The van der Waals surface area contributed by atoms with E-state index in [9.17, 15) is 4.79 Å². The van der Waals surface area contributed by atoms with Crippen LogP contribution in [0.4, 0.5) is 0 Å². The summed E-state index contributed by atoms with van der Waals surface area (Å²) in [4.78, 5) is 14.3. The maximum absolute atomic E-state index is 12.5. The quantitative estimate of drug-likeness (QED) is 0.794. The number of ether oxygens (including phenoxy) is 1. The van der Waals surface area contributed by atoms with Gasteiger partial charge in [0, 0.05) is 11.6 Å². The van der Waals surface area contributed by atoms with E-state index in [2.05, 4.69) is 0 Å². The third-order valence-electron chi connectivity index (χ3n) is 3.05. The van der Waals surface area contributed by atoms with E-state index in [1.54, 1.807) is 23.1 Å². The van der Waals surface area contributed by atoms with Crippen molar-refractivity contribution in [2.24, 2.45) is 0 Å². The van der Waals surface area contributed by atoms with E-state index >= 15 is 0 Å². The van der Waals surface area contributed by atoms with Crippen molar-refractivity contribution >= 4 is 29.1 Å². The Hall–Kier alpha value is -0.770. The van der Waals surface area contributed by atoms with Crippen LogP contribution in [-0.2, 0) is 4.74 Å². The molecule has 0 spiro atoms. The lowest BCUT2D eigenvalue weighted by Crippen LogP contribution is -2.55. The number of carbonyl (C=O) groups is 1. The number of benzene rings is 1. The second kappa shape index (κ2) is 5.08. The molecule has 0 aromatic heterocycles. The van der Waals surface area contributed by atoms with E-state index in [-0.39, 0.29) is 11.4 Å². The number of morpholine rings is 1. The van der Waals surface area contributed by atoms with Gasteiger partial charge in [0.15, 0.2) is 0 Å². The number of carbonyl (C=O) groups excluding carboxylic acids is 1. The minimum atomic E-state index is -0.321. The first-order chi connectivity index (χ1) is 8.42. The molecule has 1 heterocycles. The number of halogens is 2. The molecular weight excluding hydrogens is 273 g/mol. The number of rotatable bonds is 1. The Bertz CT molecular complexity index is 474. The van der Waals surface area contributed by atoms with Crippen molar-refractivity contribution in [1.29, 1.82) is 0 Å². The fourth-order valence-electron chi connectivity index (χ4n) is 2.04. The van der Waals surface area contributed by atoms with Crippen LogP contribution < -0.4 is 0 Å². The molecule has 0 bridgehead atoms. The van der Waals surface area contributed by atoms with Crippen LogP contribution in [0.3, 0.4) is 0 Å². The van der Waals surface area contributed by atoms with Gasteiger partial charge in [-0.2, -0.15) is 0 Å². The number of hydrogen-bond acceptors (Lipinski definition) is 2. The molecule has 1 aliphatic heterocycles. The molecule has 18 heavy (non-hydrogen) atoms. The van der Waals surface area contributed by atoms with Gasteiger partial charge in [-0.1, -0.05) is 23.2 Å². The Morgan fingerprint density at radius 2 is 2.11 bits per heavy atom. The van der Waals surface area contributed by atoms with E-state index in [0.717, 1.165) is 0 Å². The van der Waals surface area contributed by atoms with Crippen LogP contribution in [0.1, 0.15) is 24.2 Å². The van der Waals surface area contributed by atoms with Crippen molar-refractivity contribution in [3.05, 3.63) is 33.8 Å². The predicted octanol–water partition coefficient (Wildman–Crippen LogP) is 3.24. The highest BCUT2D eigenvalue weighted by Gasteiger charge is 2.35. The lowest BCUT2D eigenvalue weighted by molar-refractivity contribution is -0.0370. The highest BCUT2D eigenvalue weighted by atomic mass is 35.5. The largest absolute Gasteiger partial charge is 0.377 e. The van der Waals surface area contributed by atoms with Crippen LogP contribution in [0.2, 0.25) is 10.0 Å². The fourth-order valence-corrected chi connectivity index (χ4v) is 2.53. The Kier molecular flexibility index (Phi) is 3.85. The van der Waals surface area contributed by atoms with Gasteiger partial charge in [-0.25, -0.2) is 0 Å². The van der Waals surface area contributed by atoms with Crippen molar-refractivity contribution in [2.75, 3.05) is 19.8 Å². The van der Waals surface area contributed by atoms with E-state index in [0.29, 0.717) is 35.4 Å². The van der Waals surface area contributed by atoms with E-state index in [1.165, 1.54) is 0 Å². The minimum Gasteiger partial charge on any atom is -0.377 e. The molecule has 1 amide bonds. The summed E-state index contributed by atoms with van der Waals surface area (Å²) in [6, 6.07) is 4.93. The molecule has 5 heteroatoms. The molecule has 0 saturated carbocycles. The topological polar surface area (TPSA) is 29.5 Å². The first-order valence-corrected chi connectivity index (χ1v) is 6.52. The highest BCUT2D eigenvalue weighted by molar-refractivity contribution is 6.36. The lowest BCUT2D eigenvalue weighted by Gasteiger charge is -2.42. The van der Waals surface area contributed by atoms with Gasteiger partial charge in [-0.15, -0.1) is 0 Å². The molecule has 0 radical (unpaired) electrons. The number of hydrogen-bond donors (Lipinski definition) is 0. The number of amides is 1. The summed E-state index contributed by atoms with van der Waals surface area (Å²) < 4.78 is 5.40. The minimum absolute atomic E-state index is 0.0787. The van der Waals surface area contributed by atoms with Crippen LogP contribution in [-0.4, -0.2) is 36.1 Å². The van der Waals surface area contributed by atoms with Crippen molar-refractivity contribution < 1.29 is 9.53 Å². The van der Waals surface area contributed by atoms with Gasteiger partial charge in [0.25, 0.3) is 5.91 Å². The van der Waals surface area contributed by atoms with E-state index < -0.39 is 0 Å². The van der Waals surface area contributed by atoms with Crippen molar-refractivity contribution in [1.82, 2.24) is 4.90 Å². The Labute approximate surface area is 117 Å². The molecule has 0 aliphatic carbocycles. The van der Waals surface area contributed by atoms with Gasteiger partial charge < -0.3 is 9.64 Å². The zero-order valence-electron chi connectivity index (χ0n) is 10.4. The van der Waals surface area contributed by atoms with E-state index in [1.807, 2.05) is 13.8 Å². The molecule has 1 saturated heterocycles. The Morgan fingerprint density at radius 3 is 2.72 bits per heavy atom. The summed E-state index contributed by atoms with van der Waals surface area (Å²) in [6.07, 6.45) is 0. The molecule has 1 aromatic carbocycles. The molecular formula is C13H15Cl2NO2. The summed E-state index contributed by atoms with van der Waals surface area (Å²) in [5.41, 5.74) is 0.161. The van der Waals surface area contributed by atoms with Crippen LogP contribution in [0.5, 0.6) is 0 Å². The molecule has 2 rings (SSSR count). The third-order valence-corrected chi connectivity index (χ3v) is 3.60. The Morgan fingerprint density at radius 1 is 1.39 bits per heavy atom. The molecule has 0 atom stereocenters. The van der Waals surface area contributed by atoms with Crippen molar-refractivity contribution in [3.8, 4) is 0 Å². The summed E-state index contributed by atoms with van der Waals surface area (Å²) in [7, 11) is 0. The smallest absolute Gasteiger partial charge is 0.255 e. The summed E-state index contributed by atoms with van der Waals surface area (Å²) >= 11 is 11.9. The molecule has 3 nitrogen and oxygen atoms in total. The highest BCUT2D eigenvalue weighted by Crippen LogP contribution is 2.26. The zero-order valence-corrected chi connectivity index (χ0v) is 11.9. The van der Waals surface area contributed by atoms with Crippen LogP contribution in [0.15, 0.2) is 18.2 Å². The summed E-state index contributed by atoms with van der Waals surface area (Å²) in [5.74, 6) is -0.0787. The number of nitrogens with zero attached hydrogens (tertiary/aromatic N) is 1. The summed E-state index contributed by atoms with van der Waals surface area (Å²) in [6.45, 7) is 5.62. The molecule has 0 unspecified atom stereocenters. The lowest BCUT2D eigenvalue weighted by atomic mass is 10.0. The first kappa shape index (κ1) is 13.7. The molecule has 0 N–H and O–H groups in total. The van der Waals surface area contributed by atoms with Crippen molar-refractivity contribution in [2.45, 2.75) is 19.4 Å². The molecule has 1 fully saturated rings. The van der Waals surface area contributed by atoms with Gasteiger partial charge in [0.1, 0.15) is 0 Å². The van der Waals surface area contributed by atoms with Gasteiger partial charge in [-0.05, 0) is 32.0 Å². The fraction of sp³-hybridized carbons (Fsp3) is 0.462. The predicted molar refractivity (Wildman–Crippen MR) is 72.4 cm³/mol.